The molecule has 7 heteroatoms. The SMILES string of the molecule is C=CC(=O)NCc1ccc(C(=O)Nc2ccc(C(=O)c3nccn3C)cc2)cc1. The lowest BCUT2D eigenvalue weighted by Gasteiger charge is -2.08. The fourth-order valence-electron chi connectivity index (χ4n) is 2.66. The van der Waals surface area contributed by atoms with E-state index >= 15 is 0 Å². The van der Waals surface area contributed by atoms with E-state index in [-0.39, 0.29) is 17.6 Å². The van der Waals surface area contributed by atoms with Crippen molar-refractivity contribution in [2.75, 3.05) is 5.32 Å². The van der Waals surface area contributed by atoms with E-state index in [1.165, 1.54) is 6.08 Å². The molecule has 0 radical (unpaired) electrons. The van der Waals surface area contributed by atoms with Crippen LogP contribution in [0.15, 0.2) is 73.6 Å². The summed E-state index contributed by atoms with van der Waals surface area (Å²) in [4.78, 5) is 40.1. The van der Waals surface area contributed by atoms with Gasteiger partial charge in [0, 0.05) is 42.8 Å². The Kier molecular flexibility index (Phi) is 5.99. The van der Waals surface area contributed by atoms with Gasteiger partial charge in [0.25, 0.3) is 5.91 Å². The van der Waals surface area contributed by atoms with Gasteiger partial charge in [0.05, 0.1) is 0 Å². The molecule has 0 aliphatic carbocycles. The molecule has 1 heterocycles. The van der Waals surface area contributed by atoms with Crippen LogP contribution >= 0.6 is 0 Å². The lowest BCUT2D eigenvalue weighted by Crippen LogP contribution is -2.20. The van der Waals surface area contributed by atoms with Gasteiger partial charge in [-0.3, -0.25) is 14.4 Å². The predicted octanol–water partition coefficient (Wildman–Crippen LogP) is 2.71. The molecule has 0 fully saturated rings. The summed E-state index contributed by atoms with van der Waals surface area (Å²) in [6, 6.07) is 13.6. The highest BCUT2D eigenvalue weighted by Crippen LogP contribution is 2.14. The van der Waals surface area contributed by atoms with E-state index in [2.05, 4.69) is 22.2 Å². The third-order valence-corrected chi connectivity index (χ3v) is 4.30. The molecule has 0 saturated carbocycles. The van der Waals surface area contributed by atoms with Crippen LogP contribution in [0.25, 0.3) is 0 Å². The molecule has 2 aromatic carbocycles. The molecule has 0 aliphatic rings. The van der Waals surface area contributed by atoms with Crippen molar-refractivity contribution in [1.82, 2.24) is 14.9 Å². The molecule has 1 aromatic heterocycles. The molecular formula is C22H20N4O3. The van der Waals surface area contributed by atoms with Gasteiger partial charge in [-0.25, -0.2) is 4.98 Å². The Morgan fingerprint density at radius 1 is 1.03 bits per heavy atom. The molecule has 0 atom stereocenters. The van der Waals surface area contributed by atoms with Crippen molar-refractivity contribution in [3.05, 3.63) is 96.1 Å². The summed E-state index contributed by atoms with van der Waals surface area (Å²) >= 11 is 0. The van der Waals surface area contributed by atoms with E-state index < -0.39 is 0 Å². The molecule has 3 aromatic rings. The Balaban J connectivity index is 1.62. The maximum Gasteiger partial charge on any atom is 0.255 e. The van der Waals surface area contributed by atoms with Crippen LogP contribution in [0.1, 0.15) is 32.1 Å². The van der Waals surface area contributed by atoms with Crippen LogP contribution in [0, 0.1) is 0 Å². The number of ketones is 1. The number of imidazole rings is 1. The second kappa shape index (κ2) is 8.79. The zero-order chi connectivity index (χ0) is 20.8. The molecular weight excluding hydrogens is 368 g/mol. The van der Waals surface area contributed by atoms with Crippen molar-refractivity contribution in [3.63, 3.8) is 0 Å². The van der Waals surface area contributed by atoms with Gasteiger partial charge < -0.3 is 15.2 Å². The van der Waals surface area contributed by atoms with Crippen molar-refractivity contribution in [3.8, 4) is 0 Å². The zero-order valence-corrected chi connectivity index (χ0v) is 15.9. The van der Waals surface area contributed by atoms with E-state index in [0.717, 1.165) is 5.56 Å². The number of nitrogens with one attached hydrogen (secondary N) is 2. The maximum atomic E-state index is 12.4. The molecule has 2 N–H and O–H groups in total. The number of nitrogens with zero attached hydrogens (tertiary/aromatic N) is 2. The molecule has 2 amide bonds. The highest BCUT2D eigenvalue weighted by Gasteiger charge is 2.14. The van der Waals surface area contributed by atoms with Gasteiger partial charge in [0.15, 0.2) is 5.82 Å². The fraction of sp³-hybridized carbons (Fsp3) is 0.0909. The summed E-state index contributed by atoms with van der Waals surface area (Å²) in [5, 5.41) is 5.47. The lowest BCUT2D eigenvalue weighted by molar-refractivity contribution is -0.116. The molecule has 0 aliphatic heterocycles. The second-order valence-electron chi connectivity index (χ2n) is 6.34. The smallest absolute Gasteiger partial charge is 0.255 e. The highest BCUT2D eigenvalue weighted by atomic mass is 16.2. The number of carbonyl (C=O) groups is 3. The van der Waals surface area contributed by atoms with E-state index in [9.17, 15) is 14.4 Å². The number of benzene rings is 2. The van der Waals surface area contributed by atoms with E-state index in [4.69, 9.17) is 0 Å². The van der Waals surface area contributed by atoms with E-state index in [1.54, 1.807) is 72.5 Å². The number of anilines is 1. The average Bonchev–Trinajstić information content (AvgIpc) is 3.18. The normalized spacial score (nSPS) is 10.2. The quantitative estimate of drug-likeness (QED) is 0.481. The number of aryl methyl sites for hydroxylation is 1. The average molecular weight is 388 g/mol. The first-order valence-electron chi connectivity index (χ1n) is 8.90. The summed E-state index contributed by atoms with van der Waals surface area (Å²) in [5.74, 6) is -0.354. The predicted molar refractivity (Wildman–Crippen MR) is 110 cm³/mol. The first-order valence-corrected chi connectivity index (χ1v) is 8.90. The summed E-state index contributed by atoms with van der Waals surface area (Å²) in [5.41, 5.74) is 2.42. The van der Waals surface area contributed by atoms with Crippen LogP contribution in [0.5, 0.6) is 0 Å². The van der Waals surface area contributed by atoms with E-state index in [0.29, 0.717) is 29.2 Å². The number of aromatic nitrogens is 2. The van der Waals surface area contributed by atoms with Crippen LogP contribution < -0.4 is 10.6 Å². The molecule has 0 unspecified atom stereocenters. The minimum absolute atomic E-state index is 0.186. The molecule has 29 heavy (non-hydrogen) atoms. The monoisotopic (exact) mass is 388 g/mol. The second-order valence-corrected chi connectivity index (χ2v) is 6.34. The molecule has 0 bridgehead atoms. The molecule has 146 valence electrons. The minimum Gasteiger partial charge on any atom is -0.348 e. The Hall–Kier alpha value is -4.00. The maximum absolute atomic E-state index is 12.4. The number of rotatable bonds is 7. The Labute approximate surface area is 168 Å². The standard InChI is InChI=1S/C22H20N4O3/c1-3-19(27)24-14-15-4-6-17(7-5-15)22(29)25-18-10-8-16(9-11-18)20(28)21-23-12-13-26(21)2/h3-13H,1,14H2,2H3,(H,24,27)(H,25,29). The molecule has 0 saturated heterocycles. The van der Waals surface area contributed by atoms with Gasteiger partial charge in [-0.15, -0.1) is 0 Å². The van der Waals surface area contributed by atoms with Crippen molar-refractivity contribution >= 4 is 23.3 Å². The minimum atomic E-state index is -0.269. The third kappa shape index (κ3) is 4.84. The van der Waals surface area contributed by atoms with Crippen LogP contribution in [-0.2, 0) is 18.4 Å². The first-order chi connectivity index (χ1) is 14.0. The molecule has 3 rings (SSSR count). The summed E-state index contributed by atoms with van der Waals surface area (Å²) in [7, 11) is 1.76. The summed E-state index contributed by atoms with van der Waals surface area (Å²) in [6.45, 7) is 3.75. The summed E-state index contributed by atoms with van der Waals surface area (Å²) in [6.07, 6.45) is 4.48. The van der Waals surface area contributed by atoms with Crippen LogP contribution in [0.3, 0.4) is 0 Å². The number of hydrogen-bond acceptors (Lipinski definition) is 4. The molecule has 0 spiro atoms. The Morgan fingerprint density at radius 3 is 2.28 bits per heavy atom. The van der Waals surface area contributed by atoms with E-state index in [1.807, 2.05) is 0 Å². The summed E-state index contributed by atoms with van der Waals surface area (Å²) < 4.78 is 1.66. The van der Waals surface area contributed by atoms with Gasteiger partial charge in [0.2, 0.25) is 11.7 Å². The van der Waals surface area contributed by atoms with Gasteiger partial charge in [-0.05, 0) is 48.0 Å². The van der Waals surface area contributed by atoms with Gasteiger partial charge in [-0.2, -0.15) is 0 Å². The van der Waals surface area contributed by atoms with Gasteiger partial charge >= 0.3 is 0 Å². The van der Waals surface area contributed by atoms with Gasteiger partial charge in [0.1, 0.15) is 0 Å². The number of amides is 2. The number of hydrogen-bond donors (Lipinski definition) is 2. The number of carbonyl (C=O) groups excluding carboxylic acids is 3. The molecule has 7 nitrogen and oxygen atoms in total. The van der Waals surface area contributed by atoms with Gasteiger partial charge in [-0.1, -0.05) is 18.7 Å². The van der Waals surface area contributed by atoms with Crippen molar-refractivity contribution < 1.29 is 14.4 Å². The fourth-order valence-corrected chi connectivity index (χ4v) is 2.66. The third-order valence-electron chi connectivity index (χ3n) is 4.30. The lowest BCUT2D eigenvalue weighted by atomic mass is 10.1. The van der Waals surface area contributed by atoms with Crippen molar-refractivity contribution in [2.24, 2.45) is 7.05 Å². The van der Waals surface area contributed by atoms with Crippen LogP contribution in [0.2, 0.25) is 0 Å². The van der Waals surface area contributed by atoms with Crippen LogP contribution in [-0.4, -0.2) is 27.1 Å². The Bertz CT molecular complexity index is 1050. The Morgan fingerprint density at radius 2 is 1.69 bits per heavy atom. The van der Waals surface area contributed by atoms with Crippen LogP contribution in [0.4, 0.5) is 5.69 Å². The highest BCUT2D eigenvalue weighted by molar-refractivity contribution is 6.07. The topological polar surface area (TPSA) is 93.1 Å². The largest absolute Gasteiger partial charge is 0.348 e. The zero-order valence-electron chi connectivity index (χ0n) is 15.9. The van der Waals surface area contributed by atoms with Crippen molar-refractivity contribution in [1.29, 1.82) is 0 Å². The first kappa shape index (κ1) is 19.8. The van der Waals surface area contributed by atoms with Crippen molar-refractivity contribution in [2.45, 2.75) is 6.54 Å².